The first kappa shape index (κ1) is 15.5. The third-order valence-corrected chi connectivity index (χ3v) is 4.16. The number of rotatable bonds is 5. The number of hydrogen-bond donors (Lipinski definition) is 1. The van der Waals surface area contributed by atoms with Crippen LogP contribution in [0.2, 0.25) is 0 Å². The maximum absolute atomic E-state index is 6.12. The molecule has 1 aromatic heterocycles. The Balaban J connectivity index is 2.39. The second kappa shape index (κ2) is 6.24. The van der Waals surface area contributed by atoms with E-state index in [0.717, 1.165) is 29.2 Å². The molecule has 0 saturated carbocycles. The third-order valence-electron chi connectivity index (χ3n) is 4.16. The average Bonchev–Trinajstić information content (AvgIpc) is 2.83. The molecule has 0 radical (unpaired) electrons. The Morgan fingerprint density at radius 1 is 1.14 bits per heavy atom. The number of anilines is 1. The van der Waals surface area contributed by atoms with Gasteiger partial charge in [0.1, 0.15) is 0 Å². The number of hydrogen-bond acceptors (Lipinski definition) is 4. The zero-order valence-corrected chi connectivity index (χ0v) is 13.5. The third kappa shape index (κ3) is 3.23. The molecule has 2 rings (SSSR count). The molecular formula is C16H25N5. The zero-order valence-electron chi connectivity index (χ0n) is 13.5. The Morgan fingerprint density at radius 2 is 1.81 bits per heavy atom. The lowest BCUT2D eigenvalue weighted by Crippen LogP contribution is -2.23. The molecule has 2 N–H and O–H groups in total. The van der Waals surface area contributed by atoms with Crippen LogP contribution in [0.25, 0.3) is 11.4 Å². The van der Waals surface area contributed by atoms with Gasteiger partial charge in [0.25, 0.3) is 0 Å². The Labute approximate surface area is 126 Å². The summed E-state index contributed by atoms with van der Waals surface area (Å²) in [6, 6.07) is 5.88. The summed E-state index contributed by atoms with van der Waals surface area (Å²) in [7, 11) is 0. The topological polar surface area (TPSA) is 69.6 Å². The molecular weight excluding hydrogens is 262 g/mol. The molecule has 0 aliphatic heterocycles. The molecule has 0 spiro atoms. The van der Waals surface area contributed by atoms with E-state index in [4.69, 9.17) is 5.73 Å². The molecule has 1 aromatic carbocycles. The SMILES string of the molecule is Cc1cccc(N)c1-c1nnnn1CC(C(C)C)C(C)C. The second-order valence-corrected chi connectivity index (χ2v) is 6.38. The highest BCUT2D eigenvalue weighted by Crippen LogP contribution is 2.29. The van der Waals surface area contributed by atoms with Gasteiger partial charge in [-0.25, -0.2) is 4.68 Å². The van der Waals surface area contributed by atoms with Gasteiger partial charge in [0, 0.05) is 17.8 Å². The van der Waals surface area contributed by atoms with Crippen LogP contribution in [0.15, 0.2) is 18.2 Å². The molecule has 0 amide bonds. The van der Waals surface area contributed by atoms with Crippen LogP contribution in [0.3, 0.4) is 0 Å². The lowest BCUT2D eigenvalue weighted by Gasteiger charge is -2.25. The maximum Gasteiger partial charge on any atom is 0.184 e. The quantitative estimate of drug-likeness (QED) is 0.858. The molecule has 5 nitrogen and oxygen atoms in total. The van der Waals surface area contributed by atoms with Crippen LogP contribution in [-0.2, 0) is 6.54 Å². The summed E-state index contributed by atoms with van der Waals surface area (Å²) in [4.78, 5) is 0. The van der Waals surface area contributed by atoms with E-state index in [2.05, 4.69) is 43.2 Å². The zero-order chi connectivity index (χ0) is 15.6. The number of aromatic nitrogens is 4. The van der Waals surface area contributed by atoms with E-state index >= 15 is 0 Å². The van der Waals surface area contributed by atoms with Crippen LogP contribution in [0, 0.1) is 24.7 Å². The summed E-state index contributed by atoms with van der Waals surface area (Å²) in [6.07, 6.45) is 0. The molecule has 2 aromatic rings. The van der Waals surface area contributed by atoms with Crippen LogP contribution < -0.4 is 5.73 Å². The number of aryl methyl sites for hydroxylation is 1. The van der Waals surface area contributed by atoms with Gasteiger partial charge in [-0.05, 0) is 46.7 Å². The van der Waals surface area contributed by atoms with Crippen molar-refractivity contribution >= 4 is 5.69 Å². The molecule has 0 aliphatic carbocycles. The molecule has 0 saturated heterocycles. The van der Waals surface area contributed by atoms with Crippen LogP contribution in [-0.4, -0.2) is 20.2 Å². The maximum atomic E-state index is 6.12. The fourth-order valence-electron chi connectivity index (χ4n) is 2.89. The Morgan fingerprint density at radius 3 is 2.38 bits per heavy atom. The number of nitrogens with zero attached hydrogens (tertiary/aromatic N) is 4. The van der Waals surface area contributed by atoms with Gasteiger partial charge in [0.15, 0.2) is 5.82 Å². The predicted octanol–water partition coefficient (Wildman–Crippen LogP) is 3.16. The standard InChI is InChI=1S/C16H25N5/c1-10(2)13(11(3)4)9-21-16(18-19-20-21)15-12(5)7-6-8-14(15)17/h6-8,10-11,13H,9,17H2,1-5H3. The van der Waals surface area contributed by atoms with Crippen LogP contribution >= 0.6 is 0 Å². The first-order chi connectivity index (χ1) is 9.91. The Bertz CT molecular complexity index is 572. The molecule has 21 heavy (non-hydrogen) atoms. The summed E-state index contributed by atoms with van der Waals surface area (Å²) in [6.45, 7) is 11.8. The molecule has 0 aliphatic rings. The van der Waals surface area contributed by atoms with Gasteiger partial charge in [0.05, 0.1) is 0 Å². The van der Waals surface area contributed by atoms with E-state index in [1.165, 1.54) is 0 Å². The molecule has 1 heterocycles. The molecule has 0 atom stereocenters. The van der Waals surface area contributed by atoms with Crippen molar-refractivity contribution in [3.63, 3.8) is 0 Å². The smallest absolute Gasteiger partial charge is 0.184 e. The van der Waals surface area contributed by atoms with Gasteiger partial charge in [-0.3, -0.25) is 0 Å². The fraction of sp³-hybridized carbons (Fsp3) is 0.562. The van der Waals surface area contributed by atoms with Crippen molar-refractivity contribution in [3.05, 3.63) is 23.8 Å². The van der Waals surface area contributed by atoms with E-state index < -0.39 is 0 Å². The lowest BCUT2D eigenvalue weighted by molar-refractivity contribution is 0.242. The Hall–Kier alpha value is -1.91. The van der Waals surface area contributed by atoms with E-state index in [1.807, 2.05) is 29.8 Å². The summed E-state index contributed by atoms with van der Waals surface area (Å²) in [5, 5.41) is 12.2. The highest BCUT2D eigenvalue weighted by molar-refractivity contribution is 5.74. The van der Waals surface area contributed by atoms with Crippen molar-refractivity contribution in [1.29, 1.82) is 0 Å². The molecule has 0 bridgehead atoms. The van der Waals surface area contributed by atoms with E-state index in [1.54, 1.807) is 0 Å². The largest absolute Gasteiger partial charge is 0.398 e. The van der Waals surface area contributed by atoms with Crippen molar-refractivity contribution in [2.75, 3.05) is 5.73 Å². The summed E-state index contributed by atoms with van der Waals surface area (Å²) in [5.41, 5.74) is 8.87. The van der Waals surface area contributed by atoms with Gasteiger partial charge >= 0.3 is 0 Å². The van der Waals surface area contributed by atoms with Gasteiger partial charge in [-0.1, -0.05) is 39.8 Å². The minimum atomic E-state index is 0.525. The number of nitrogen functional groups attached to an aromatic ring is 1. The van der Waals surface area contributed by atoms with Gasteiger partial charge in [-0.15, -0.1) is 5.10 Å². The molecule has 5 heteroatoms. The van der Waals surface area contributed by atoms with Crippen molar-refractivity contribution in [1.82, 2.24) is 20.2 Å². The van der Waals surface area contributed by atoms with Crippen molar-refractivity contribution in [3.8, 4) is 11.4 Å². The second-order valence-electron chi connectivity index (χ2n) is 6.38. The van der Waals surface area contributed by atoms with E-state index in [0.29, 0.717) is 17.8 Å². The molecule has 0 fully saturated rings. The van der Waals surface area contributed by atoms with E-state index in [9.17, 15) is 0 Å². The van der Waals surface area contributed by atoms with E-state index in [-0.39, 0.29) is 0 Å². The summed E-state index contributed by atoms with van der Waals surface area (Å²) < 4.78 is 1.89. The first-order valence-corrected chi connectivity index (χ1v) is 7.53. The fourth-order valence-corrected chi connectivity index (χ4v) is 2.89. The monoisotopic (exact) mass is 287 g/mol. The number of benzene rings is 1. The Kier molecular flexibility index (Phi) is 4.60. The van der Waals surface area contributed by atoms with Crippen LogP contribution in [0.1, 0.15) is 33.3 Å². The van der Waals surface area contributed by atoms with Gasteiger partial charge < -0.3 is 5.73 Å². The summed E-state index contributed by atoms with van der Waals surface area (Å²) >= 11 is 0. The lowest BCUT2D eigenvalue weighted by atomic mass is 9.85. The first-order valence-electron chi connectivity index (χ1n) is 7.53. The van der Waals surface area contributed by atoms with Gasteiger partial charge in [-0.2, -0.15) is 0 Å². The molecule has 0 unspecified atom stereocenters. The average molecular weight is 287 g/mol. The van der Waals surface area contributed by atoms with Crippen molar-refractivity contribution in [2.45, 2.75) is 41.2 Å². The predicted molar refractivity (Wildman–Crippen MR) is 85.6 cm³/mol. The normalized spacial score (nSPS) is 11.8. The number of tetrazole rings is 1. The van der Waals surface area contributed by atoms with Crippen molar-refractivity contribution in [2.24, 2.45) is 17.8 Å². The highest BCUT2D eigenvalue weighted by Gasteiger charge is 2.22. The minimum absolute atomic E-state index is 0.525. The van der Waals surface area contributed by atoms with Crippen molar-refractivity contribution < 1.29 is 0 Å². The van der Waals surface area contributed by atoms with Crippen LogP contribution in [0.4, 0.5) is 5.69 Å². The highest BCUT2D eigenvalue weighted by atomic mass is 15.5. The van der Waals surface area contributed by atoms with Crippen LogP contribution in [0.5, 0.6) is 0 Å². The summed E-state index contributed by atoms with van der Waals surface area (Å²) in [5.74, 6) is 2.45. The number of nitrogens with two attached hydrogens (primary N) is 1. The van der Waals surface area contributed by atoms with Gasteiger partial charge in [0.2, 0.25) is 0 Å². The minimum Gasteiger partial charge on any atom is -0.398 e. The molecule has 114 valence electrons.